The fraction of sp³-hybridized carbons (Fsp3) is 0.269. The maximum Gasteiger partial charge on any atom is 0.196 e. The minimum atomic E-state index is -0.285. The second kappa shape index (κ2) is 9.08. The predicted octanol–water partition coefficient (Wildman–Crippen LogP) is 1.74. The van der Waals surface area contributed by atoms with Crippen molar-refractivity contribution in [1.29, 1.82) is 0 Å². The number of hydrogen-bond donors (Lipinski definition) is 2. The van der Waals surface area contributed by atoms with E-state index in [9.17, 15) is 13.6 Å². The van der Waals surface area contributed by atoms with Crippen LogP contribution in [0.25, 0.3) is 12.2 Å². The highest BCUT2D eigenvalue weighted by Crippen LogP contribution is 2.26. The van der Waals surface area contributed by atoms with E-state index < -0.39 is 0 Å². The minimum Gasteiger partial charge on any atom is -0.333 e. The number of Topliss-reactive ketones (excluding diaryl/α,β-unsaturated/α-hetero) is 1. The van der Waals surface area contributed by atoms with Gasteiger partial charge in [-0.1, -0.05) is 24.3 Å². The summed E-state index contributed by atoms with van der Waals surface area (Å²) in [6.07, 6.45) is 4.82. The van der Waals surface area contributed by atoms with E-state index in [4.69, 9.17) is 0 Å². The Balaban J connectivity index is 1.73. The SMILES string of the molecule is C[NH+]1CCC(=C2C[NH+](C)C/C(=C\c3ccc(F)cc3)C2=O)C(=Cc2ccc(F)cc2)C1. The lowest BCUT2D eigenvalue weighted by molar-refractivity contribution is -0.877. The molecule has 0 aromatic heterocycles. The Kier molecular flexibility index (Phi) is 6.25. The molecule has 2 aromatic carbocycles. The molecule has 31 heavy (non-hydrogen) atoms. The summed E-state index contributed by atoms with van der Waals surface area (Å²) in [4.78, 5) is 16.1. The van der Waals surface area contributed by atoms with E-state index in [1.807, 2.05) is 6.08 Å². The third-order valence-corrected chi connectivity index (χ3v) is 6.00. The molecule has 2 saturated heterocycles. The number of halogens is 2. The molecular formula is C26H28F2N2O+2. The van der Waals surface area contributed by atoms with Crippen LogP contribution in [0.4, 0.5) is 8.78 Å². The molecule has 2 atom stereocenters. The van der Waals surface area contributed by atoms with Gasteiger partial charge in [0.2, 0.25) is 0 Å². The fourth-order valence-electron chi connectivity index (χ4n) is 4.43. The molecule has 2 fully saturated rings. The van der Waals surface area contributed by atoms with Gasteiger partial charge in [0.1, 0.15) is 31.3 Å². The van der Waals surface area contributed by atoms with E-state index in [0.717, 1.165) is 52.9 Å². The molecule has 2 heterocycles. The molecule has 2 unspecified atom stereocenters. The van der Waals surface area contributed by atoms with Crippen LogP contribution in [-0.2, 0) is 4.79 Å². The van der Waals surface area contributed by atoms with E-state index in [-0.39, 0.29) is 17.4 Å². The molecule has 0 spiro atoms. The Bertz CT molecular complexity index is 1070. The summed E-state index contributed by atoms with van der Waals surface area (Å²) < 4.78 is 26.6. The van der Waals surface area contributed by atoms with Crippen molar-refractivity contribution < 1.29 is 23.4 Å². The molecule has 2 aromatic rings. The van der Waals surface area contributed by atoms with Crippen molar-refractivity contribution in [2.45, 2.75) is 6.42 Å². The first-order chi connectivity index (χ1) is 14.9. The van der Waals surface area contributed by atoms with E-state index in [2.05, 4.69) is 20.2 Å². The van der Waals surface area contributed by atoms with Crippen molar-refractivity contribution >= 4 is 17.9 Å². The maximum atomic E-state index is 13.5. The third kappa shape index (κ3) is 5.06. The van der Waals surface area contributed by atoms with Crippen molar-refractivity contribution in [3.8, 4) is 0 Å². The number of rotatable bonds is 2. The van der Waals surface area contributed by atoms with Gasteiger partial charge in [-0.25, -0.2) is 8.78 Å². The first-order valence-corrected chi connectivity index (χ1v) is 10.7. The van der Waals surface area contributed by atoms with Gasteiger partial charge in [-0.2, -0.15) is 0 Å². The first kappa shape index (κ1) is 21.3. The molecule has 160 valence electrons. The quantitative estimate of drug-likeness (QED) is 0.709. The van der Waals surface area contributed by atoms with Gasteiger partial charge in [0, 0.05) is 12.0 Å². The summed E-state index contributed by atoms with van der Waals surface area (Å²) in [7, 11) is 4.24. The summed E-state index contributed by atoms with van der Waals surface area (Å²) in [6, 6.07) is 12.7. The smallest absolute Gasteiger partial charge is 0.196 e. The number of benzene rings is 2. The Labute approximate surface area is 182 Å². The van der Waals surface area contributed by atoms with Crippen LogP contribution in [0.3, 0.4) is 0 Å². The monoisotopic (exact) mass is 422 g/mol. The van der Waals surface area contributed by atoms with Crippen LogP contribution in [0.2, 0.25) is 0 Å². The van der Waals surface area contributed by atoms with Crippen LogP contribution in [-0.4, -0.2) is 46.1 Å². The fourth-order valence-corrected chi connectivity index (χ4v) is 4.43. The molecule has 2 N–H and O–H groups in total. The number of ketones is 1. The summed E-state index contributed by atoms with van der Waals surface area (Å²) in [6.45, 7) is 3.15. The zero-order chi connectivity index (χ0) is 22.0. The van der Waals surface area contributed by atoms with Crippen molar-refractivity contribution in [2.75, 3.05) is 40.3 Å². The average molecular weight is 423 g/mol. The Morgan fingerprint density at radius 1 is 0.710 bits per heavy atom. The highest BCUT2D eigenvalue weighted by atomic mass is 19.1. The molecule has 2 aliphatic heterocycles. The maximum absolute atomic E-state index is 13.5. The van der Waals surface area contributed by atoms with Crippen molar-refractivity contribution in [1.82, 2.24) is 0 Å². The van der Waals surface area contributed by atoms with E-state index in [1.165, 1.54) is 34.1 Å². The molecule has 3 nitrogen and oxygen atoms in total. The summed E-state index contributed by atoms with van der Waals surface area (Å²) in [5, 5.41) is 0. The number of quaternary nitrogens is 2. The zero-order valence-electron chi connectivity index (χ0n) is 18.0. The van der Waals surface area contributed by atoms with E-state index >= 15 is 0 Å². The minimum absolute atomic E-state index is 0.0921. The van der Waals surface area contributed by atoms with Crippen molar-refractivity contribution in [2.24, 2.45) is 0 Å². The largest absolute Gasteiger partial charge is 0.333 e. The second-order valence-electron chi connectivity index (χ2n) is 8.67. The van der Waals surface area contributed by atoms with E-state index in [1.54, 1.807) is 24.3 Å². The lowest BCUT2D eigenvalue weighted by Gasteiger charge is -2.30. The number of likely N-dealkylation sites (N-methyl/N-ethyl adjacent to an activating group) is 2. The third-order valence-electron chi connectivity index (χ3n) is 6.00. The Morgan fingerprint density at radius 3 is 1.81 bits per heavy atom. The standard InChI is InChI=1S/C26H26F2N2O/c1-29-12-11-24(20(15-29)13-18-3-7-22(27)8-4-18)25-17-30(2)16-21(26(25)31)14-19-5-9-23(28)10-6-19/h3-10,13-14H,11-12,15-17H2,1-2H3/p+2/b20-13?,21-14+,25-24?. The molecule has 5 heteroatoms. The van der Waals surface area contributed by atoms with Crippen LogP contribution >= 0.6 is 0 Å². The summed E-state index contributed by atoms with van der Waals surface area (Å²) in [5.74, 6) is -0.447. The average Bonchev–Trinajstić information content (AvgIpc) is 2.74. The lowest BCUT2D eigenvalue weighted by Crippen LogP contribution is -3.11. The summed E-state index contributed by atoms with van der Waals surface area (Å²) in [5.41, 5.74) is 5.68. The lowest BCUT2D eigenvalue weighted by atomic mass is 9.85. The topological polar surface area (TPSA) is 26.0 Å². The van der Waals surface area contributed by atoms with Gasteiger partial charge in [-0.05, 0) is 53.1 Å². The molecule has 0 radical (unpaired) electrons. The van der Waals surface area contributed by atoms with Crippen LogP contribution in [0.15, 0.2) is 70.8 Å². The Morgan fingerprint density at radius 2 is 1.23 bits per heavy atom. The van der Waals surface area contributed by atoms with Gasteiger partial charge in [-0.15, -0.1) is 0 Å². The number of nitrogens with one attached hydrogen (secondary N) is 2. The van der Waals surface area contributed by atoms with Crippen LogP contribution in [0, 0.1) is 11.6 Å². The molecular weight excluding hydrogens is 394 g/mol. The van der Waals surface area contributed by atoms with Gasteiger partial charge in [0.15, 0.2) is 5.78 Å². The molecule has 0 saturated carbocycles. The second-order valence-corrected chi connectivity index (χ2v) is 8.67. The predicted molar refractivity (Wildman–Crippen MR) is 119 cm³/mol. The van der Waals surface area contributed by atoms with Crippen LogP contribution in [0.5, 0.6) is 0 Å². The number of hydrogen-bond acceptors (Lipinski definition) is 1. The zero-order valence-corrected chi connectivity index (χ0v) is 18.0. The first-order valence-electron chi connectivity index (χ1n) is 10.7. The normalized spacial score (nSPS) is 27.2. The van der Waals surface area contributed by atoms with Gasteiger partial charge < -0.3 is 9.80 Å². The number of piperidine rings is 2. The summed E-state index contributed by atoms with van der Waals surface area (Å²) >= 11 is 0. The molecule has 0 bridgehead atoms. The van der Waals surface area contributed by atoms with Gasteiger partial charge >= 0.3 is 0 Å². The van der Waals surface area contributed by atoms with Gasteiger partial charge in [-0.3, -0.25) is 4.79 Å². The van der Waals surface area contributed by atoms with E-state index in [0.29, 0.717) is 13.1 Å². The Hall–Kier alpha value is -2.89. The van der Waals surface area contributed by atoms with Gasteiger partial charge in [0.25, 0.3) is 0 Å². The van der Waals surface area contributed by atoms with Crippen LogP contribution < -0.4 is 9.80 Å². The molecule has 2 aliphatic rings. The molecule has 4 rings (SSSR count). The van der Waals surface area contributed by atoms with Crippen LogP contribution in [0.1, 0.15) is 17.5 Å². The number of likely N-dealkylation sites (tertiary alicyclic amines) is 2. The highest BCUT2D eigenvalue weighted by molar-refractivity contribution is 6.12. The molecule has 0 aliphatic carbocycles. The highest BCUT2D eigenvalue weighted by Gasteiger charge is 2.33. The van der Waals surface area contributed by atoms with Crippen molar-refractivity contribution in [3.05, 3.63) is 93.6 Å². The number of carbonyl (C=O) groups excluding carboxylic acids is 1. The van der Waals surface area contributed by atoms with Gasteiger partial charge in [0.05, 0.1) is 31.8 Å². The van der Waals surface area contributed by atoms with Crippen molar-refractivity contribution in [3.63, 3.8) is 0 Å². The molecule has 0 amide bonds. The number of carbonyl (C=O) groups is 1.